The van der Waals surface area contributed by atoms with E-state index in [1.807, 2.05) is 0 Å². The standard InChI is InChI=1S/La.Li.Nb.O.H. The molecule has 0 aromatic carbocycles. The summed E-state index contributed by atoms with van der Waals surface area (Å²) in [4.78, 5) is 0. The van der Waals surface area contributed by atoms with Crippen molar-refractivity contribution < 1.29 is 59.9 Å². The summed E-state index contributed by atoms with van der Waals surface area (Å²) in [6, 6.07) is 0. The van der Waals surface area contributed by atoms with E-state index in [2.05, 4.69) is 0 Å². The summed E-state index contributed by atoms with van der Waals surface area (Å²) in [7, 11) is 0. The Morgan fingerprint density at radius 1 is 1.25 bits per heavy atom. The minimum absolute atomic E-state index is 0. The van der Waals surface area contributed by atoms with Crippen LogP contribution in [0.1, 0.15) is 0 Å². The van der Waals surface area contributed by atoms with Gasteiger partial charge in [-0.05, 0) is 0 Å². The first kappa shape index (κ1) is 16.2. The average molecular weight is 256 g/mol. The van der Waals surface area contributed by atoms with Crippen molar-refractivity contribution in [2.75, 3.05) is 0 Å². The van der Waals surface area contributed by atoms with Gasteiger partial charge in [-0.3, -0.25) is 0 Å². The summed E-state index contributed by atoms with van der Waals surface area (Å²) < 4.78 is 8.30. The fourth-order valence-corrected chi connectivity index (χ4v) is 0. The predicted octanol–water partition coefficient (Wildman–Crippen LogP) is -0.770. The molecule has 0 saturated heterocycles. The van der Waals surface area contributed by atoms with Gasteiger partial charge in [0.05, 0.1) is 0 Å². The second kappa shape index (κ2) is 18.4. The Bertz CT molecular complexity index is 8.00. The molecule has 16 valence electrons. The van der Waals surface area contributed by atoms with Crippen LogP contribution in [0.15, 0.2) is 0 Å². The van der Waals surface area contributed by atoms with E-state index in [4.69, 9.17) is 3.25 Å². The van der Waals surface area contributed by atoms with Crippen LogP contribution < -0.4 is 0 Å². The maximum atomic E-state index is 8.30. The summed E-state index contributed by atoms with van der Waals surface area (Å²) in [6.07, 6.45) is 0. The van der Waals surface area contributed by atoms with E-state index < -0.39 is 0 Å². The number of rotatable bonds is 0. The van der Waals surface area contributed by atoms with Crippen molar-refractivity contribution in [2.45, 2.75) is 0 Å². The van der Waals surface area contributed by atoms with Crippen LogP contribution in [0.5, 0.6) is 0 Å². The maximum absolute atomic E-state index is 8.30. The Hall–Kier alpha value is 2.33. The van der Waals surface area contributed by atoms with Crippen LogP contribution in [0.2, 0.25) is 0 Å². The summed E-state index contributed by atoms with van der Waals surface area (Å²) in [5.74, 6) is 0. The van der Waals surface area contributed by atoms with Crippen molar-refractivity contribution >= 4 is 18.9 Å². The molecule has 0 aromatic heterocycles. The van der Waals surface area contributed by atoms with Gasteiger partial charge in [0.25, 0.3) is 0 Å². The van der Waals surface area contributed by atoms with Crippen molar-refractivity contribution in [1.29, 1.82) is 0 Å². The van der Waals surface area contributed by atoms with Gasteiger partial charge < -0.3 is 0 Å². The Balaban J connectivity index is -0.00000000500. The van der Waals surface area contributed by atoms with Crippen LogP contribution in [-0.4, -0.2) is 18.9 Å². The van der Waals surface area contributed by atoms with E-state index in [9.17, 15) is 0 Å². The van der Waals surface area contributed by atoms with Gasteiger partial charge in [-0.2, -0.15) is 0 Å². The molecule has 0 heterocycles. The van der Waals surface area contributed by atoms with Crippen LogP contribution in [-0.2, 0) is 24.3 Å². The molecule has 0 fully saturated rings. The first-order valence-electron chi connectivity index (χ1n) is 0.183. The fourth-order valence-electron chi connectivity index (χ4n) is 0. The van der Waals surface area contributed by atoms with E-state index in [1.54, 1.807) is 0 Å². The third kappa shape index (κ3) is 8.84. The zero-order valence-corrected chi connectivity index (χ0v) is 7.26. The first-order valence-corrected chi connectivity index (χ1v) is 1.08. The molecular formula is HLaLiNbO. The van der Waals surface area contributed by atoms with Gasteiger partial charge in [-0.1, -0.05) is 0 Å². The van der Waals surface area contributed by atoms with Gasteiger partial charge in [0, 0.05) is 35.6 Å². The molecule has 0 aliphatic rings. The molecule has 0 aliphatic heterocycles. The van der Waals surface area contributed by atoms with Crippen molar-refractivity contribution in [3.05, 3.63) is 0 Å². The Morgan fingerprint density at radius 3 is 1.25 bits per heavy atom. The van der Waals surface area contributed by atoms with Gasteiger partial charge in [0.15, 0.2) is 0 Å². The molecule has 0 atom stereocenters. The van der Waals surface area contributed by atoms with Gasteiger partial charge in [-0.15, -0.1) is 0 Å². The van der Waals surface area contributed by atoms with Gasteiger partial charge in [0.2, 0.25) is 0 Å². The van der Waals surface area contributed by atoms with Gasteiger partial charge >= 0.3 is 43.2 Å². The Labute approximate surface area is 77.3 Å². The average Bonchev–Trinajstić information content (AvgIpc) is 1.00. The van der Waals surface area contributed by atoms with Crippen molar-refractivity contribution in [2.24, 2.45) is 0 Å². The topological polar surface area (TPSA) is 17.1 Å². The number of hydrogen-bond donors (Lipinski definition) is 0. The first-order chi connectivity index (χ1) is 1.00. The summed E-state index contributed by atoms with van der Waals surface area (Å²) in [5.41, 5.74) is 0. The second-order valence-electron chi connectivity index (χ2n) is 0. The monoisotopic (exact) mass is 256 g/mol. The molecule has 0 bridgehead atoms. The molecule has 0 N–H and O–H groups in total. The third-order valence-corrected chi connectivity index (χ3v) is 0. The van der Waals surface area contributed by atoms with E-state index >= 15 is 0 Å². The second-order valence-corrected chi connectivity index (χ2v) is 0. The summed E-state index contributed by atoms with van der Waals surface area (Å²) in [5, 5.41) is 0. The molecule has 0 rings (SSSR count). The molecule has 0 saturated carbocycles. The molecule has 0 unspecified atom stereocenters. The summed E-state index contributed by atoms with van der Waals surface area (Å²) >= 11 is 0.500. The molecule has 1 nitrogen and oxygen atoms in total. The fraction of sp³-hybridized carbons (Fsp3) is 0. The Morgan fingerprint density at radius 2 is 1.25 bits per heavy atom. The predicted molar refractivity (Wildman–Crippen MR) is 7.84 cm³/mol. The molecule has 0 spiro atoms. The van der Waals surface area contributed by atoms with Crippen molar-refractivity contribution in [3.8, 4) is 0 Å². The van der Waals surface area contributed by atoms with Crippen LogP contribution in [0, 0.1) is 35.6 Å². The van der Waals surface area contributed by atoms with Gasteiger partial charge in [-0.25, -0.2) is 0 Å². The zero-order chi connectivity index (χ0) is 2.00. The molecule has 0 amide bonds. The van der Waals surface area contributed by atoms with Crippen LogP contribution in [0.3, 0.4) is 0 Å². The molecule has 4 heavy (non-hydrogen) atoms. The van der Waals surface area contributed by atoms with E-state index in [1.165, 1.54) is 0 Å². The zero-order valence-electron chi connectivity index (χ0n) is 1.43. The van der Waals surface area contributed by atoms with Gasteiger partial charge in [0.1, 0.15) is 0 Å². The van der Waals surface area contributed by atoms with E-state index in [0.717, 1.165) is 0 Å². The molecular weight excluding hydrogens is 255 g/mol. The van der Waals surface area contributed by atoms with Crippen LogP contribution in [0.25, 0.3) is 0 Å². The summed E-state index contributed by atoms with van der Waals surface area (Å²) in [6.45, 7) is 0. The van der Waals surface area contributed by atoms with Crippen molar-refractivity contribution in [3.63, 3.8) is 0 Å². The molecule has 0 aromatic rings. The number of hydrogen-bond acceptors (Lipinski definition) is 1. The molecule has 1 radical (unpaired) electrons. The third-order valence-electron chi connectivity index (χ3n) is 0. The molecule has 4 heteroatoms. The normalized spacial score (nSPS) is 0.750. The molecule has 0 aliphatic carbocycles. The quantitative estimate of drug-likeness (QED) is 0.520. The van der Waals surface area contributed by atoms with Crippen molar-refractivity contribution in [1.82, 2.24) is 0 Å². The van der Waals surface area contributed by atoms with E-state index in [-0.39, 0.29) is 54.5 Å². The van der Waals surface area contributed by atoms with Crippen LogP contribution in [0.4, 0.5) is 0 Å². The Kier molecular flexibility index (Phi) is 74.6. The SMILES string of the molecule is [La].[LiH].[O]=[Nb]. The van der Waals surface area contributed by atoms with E-state index in [0.29, 0.717) is 21.0 Å². The minimum atomic E-state index is 0. The van der Waals surface area contributed by atoms with Crippen LogP contribution >= 0.6 is 0 Å².